The molecule has 0 fully saturated rings. The lowest BCUT2D eigenvalue weighted by Crippen LogP contribution is -2.28. The van der Waals surface area contributed by atoms with Gasteiger partial charge in [-0.15, -0.1) is 0 Å². The lowest BCUT2D eigenvalue weighted by Gasteiger charge is -2.16. The van der Waals surface area contributed by atoms with Gasteiger partial charge in [-0.2, -0.15) is 0 Å². The maximum atomic E-state index is 5.31. The van der Waals surface area contributed by atoms with Gasteiger partial charge in [0, 0.05) is 19.3 Å². The zero-order valence-electron chi connectivity index (χ0n) is 9.44. The fourth-order valence-corrected chi connectivity index (χ4v) is 1.56. The molecule has 0 rings (SSSR count). The Morgan fingerprint density at radius 1 is 1.15 bits per heavy atom. The van der Waals surface area contributed by atoms with Crippen LogP contribution in [0.3, 0.4) is 0 Å². The zero-order chi connectivity index (χ0) is 9.94. The monoisotopic (exact) mass is 187 g/mol. The molecule has 1 unspecified atom stereocenters. The van der Waals surface area contributed by atoms with Gasteiger partial charge in [0.05, 0.1) is 0 Å². The Morgan fingerprint density at radius 3 is 2.46 bits per heavy atom. The molecule has 0 aliphatic carbocycles. The fraction of sp³-hybridized carbons (Fsp3) is 1.00. The van der Waals surface area contributed by atoms with Crippen LogP contribution in [0.5, 0.6) is 0 Å². The first kappa shape index (κ1) is 12.9. The smallest absolute Gasteiger partial charge is 0.0466 e. The Labute approximate surface area is 83.1 Å². The third kappa shape index (κ3) is 8.26. The molecule has 0 aromatic heterocycles. The van der Waals surface area contributed by atoms with Gasteiger partial charge in [-0.05, 0) is 32.7 Å². The first-order chi connectivity index (χ1) is 6.35. The van der Waals surface area contributed by atoms with Crippen LogP contribution in [0.4, 0.5) is 0 Å². The van der Waals surface area contributed by atoms with E-state index in [0.717, 1.165) is 19.8 Å². The molecule has 0 aromatic rings. The van der Waals surface area contributed by atoms with Gasteiger partial charge in [0.1, 0.15) is 0 Å². The summed E-state index contributed by atoms with van der Waals surface area (Å²) in [5, 5.41) is 3.50. The van der Waals surface area contributed by atoms with Gasteiger partial charge in [-0.1, -0.05) is 20.3 Å². The van der Waals surface area contributed by atoms with Crippen LogP contribution in [-0.4, -0.2) is 25.8 Å². The van der Waals surface area contributed by atoms with E-state index in [2.05, 4.69) is 19.2 Å². The summed E-state index contributed by atoms with van der Waals surface area (Å²) < 4.78 is 5.31. The van der Waals surface area contributed by atoms with E-state index in [1.54, 1.807) is 0 Å². The molecule has 2 nitrogen and oxygen atoms in total. The summed E-state index contributed by atoms with van der Waals surface area (Å²) in [5.74, 6) is 0. The van der Waals surface area contributed by atoms with Crippen molar-refractivity contribution in [3.05, 3.63) is 0 Å². The maximum Gasteiger partial charge on any atom is 0.0466 e. The molecule has 0 saturated carbocycles. The van der Waals surface area contributed by atoms with Gasteiger partial charge >= 0.3 is 0 Å². The summed E-state index contributed by atoms with van der Waals surface area (Å²) >= 11 is 0. The lowest BCUT2D eigenvalue weighted by atomic mass is 10.1. The lowest BCUT2D eigenvalue weighted by molar-refractivity contribution is 0.140. The van der Waals surface area contributed by atoms with E-state index in [9.17, 15) is 0 Å². The standard InChI is InChI=1S/C11H25NO/c1-4-8-11(12-5-2)9-7-10-13-6-3/h11-12H,4-10H2,1-3H3. The van der Waals surface area contributed by atoms with Gasteiger partial charge in [-0.25, -0.2) is 0 Å². The van der Waals surface area contributed by atoms with E-state index < -0.39 is 0 Å². The molecule has 0 amide bonds. The van der Waals surface area contributed by atoms with Crippen LogP contribution in [0, 0.1) is 0 Å². The molecule has 0 radical (unpaired) electrons. The molecule has 0 heterocycles. The second kappa shape index (κ2) is 10.0. The fourth-order valence-electron chi connectivity index (χ4n) is 1.56. The summed E-state index contributed by atoms with van der Waals surface area (Å²) in [7, 11) is 0. The molecule has 0 bridgehead atoms. The van der Waals surface area contributed by atoms with Crippen LogP contribution >= 0.6 is 0 Å². The highest BCUT2D eigenvalue weighted by Gasteiger charge is 2.04. The summed E-state index contributed by atoms with van der Waals surface area (Å²) in [6.07, 6.45) is 5.00. The molecule has 0 aromatic carbocycles. The van der Waals surface area contributed by atoms with Gasteiger partial charge in [0.15, 0.2) is 0 Å². The summed E-state index contributed by atoms with van der Waals surface area (Å²) in [4.78, 5) is 0. The van der Waals surface area contributed by atoms with Crippen molar-refractivity contribution < 1.29 is 4.74 Å². The predicted octanol–water partition coefficient (Wildman–Crippen LogP) is 2.58. The Hall–Kier alpha value is -0.0800. The van der Waals surface area contributed by atoms with Crippen molar-refractivity contribution in [2.75, 3.05) is 19.8 Å². The Balaban J connectivity index is 3.33. The third-order valence-electron chi connectivity index (χ3n) is 2.18. The minimum absolute atomic E-state index is 0.704. The van der Waals surface area contributed by atoms with Crippen LogP contribution in [0.1, 0.15) is 46.5 Å². The van der Waals surface area contributed by atoms with Crippen molar-refractivity contribution >= 4 is 0 Å². The second-order valence-electron chi connectivity index (χ2n) is 3.38. The number of rotatable bonds is 9. The molecule has 80 valence electrons. The first-order valence-corrected chi connectivity index (χ1v) is 5.66. The van der Waals surface area contributed by atoms with E-state index in [0.29, 0.717) is 6.04 Å². The van der Waals surface area contributed by atoms with Gasteiger partial charge in [0.2, 0.25) is 0 Å². The molecule has 0 spiro atoms. The normalized spacial score (nSPS) is 13.2. The van der Waals surface area contributed by atoms with E-state index in [1.807, 2.05) is 6.92 Å². The topological polar surface area (TPSA) is 21.3 Å². The van der Waals surface area contributed by atoms with Crippen molar-refractivity contribution in [2.45, 2.75) is 52.5 Å². The molecule has 2 heteroatoms. The van der Waals surface area contributed by atoms with E-state index in [1.165, 1.54) is 25.7 Å². The maximum absolute atomic E-state index is 5.31. The number of hydrogen-bond acceptors (Lipinski definition) is 2. The van der Waals surface area contributed by atoms with Gasteiger partial charge in [-0.3, -0.25) is 0 Å². The second-order valence-corrected chi connectivity index (χ2v) is 3.38. The number of nitrogens with one attached hydrogen (secondary N) is 1. The van der Waals surface area contributed by atoms with Crippen LogP contribution in [0.2, 0.25) is 0 Å². The minimum Gasteiger partial charge on any atom is -0.382 e. The molecular formula is C11H25NO. The highest BCUT2D eigenvalue weighted by Crippen LogP contribution is 2.04. The third-order valence-corrected chi connectivity index (χ3v) is 2.18. The Kier molecular flexibility index (Phi) is 9.94. The molecule has 1 atom stereocenters. The minimum atomic E-state index is 0.704. The van der Waals surface area contributed by atoms with Crippen molar-refractivity contribution in [1.82, 2.24) is 5.32 Å². The van der Waals surface area contributed by atoms with E-state index in [4.69, 9.17) is 4.74 Å². The summed E-state index contributed by atoms with van der Waals surface area (Å²) in [6.45, 7) is 9.31. The van der Waals surface area contributed by atoms with Crippen molar-refractivity contribution in [2.24, 2.45) is 0 Å². The molecule has 0 aliphatic heterocycles. The molecule has 0 saturated heterocycles. The van der Waals surface area contributed by atoms with Crippen molar-refractivity contribution in [3.63, 3.8) is 0 Å². The highest BCUT2D eigenvalue weighted by atomic mass is 16.5. The molecule has 13 heavy (non-hydrogen) atoms. The summed E-state index contributed by atoms with van der Waals surface area (Å²) in [5.41, 5.74) is 0. The zero-order valence-corrected chi connectivity index (χ0v) is 9.44. The highest BCUT2D eigenvalue weighted by molar-refractivity contribution is 4.64. The quantitative estimate of drug-likeness (QED) is 0.560. The number of hydrogen-bond donors (Lipinski definition) is 1. The predicted molar refractivity (Wildman–Crippen MR) is 58.1 cm³/mol. The van der Waals surface area contributed by atoms with Crippen LogP contribution < -0.4 is 5.32 Å². The summed E-state index contributed by atoms with van der Waals surface area (Å²) in [6, 6.07) is 0.704. The van der Waals surface area contributed by atoms with Crippen molar-refractivity contribution in [1.29, 1.82) is 0 Å². The van der Waals surface area contributed by atoms with E-state index >= 15 is 0 Å². The molecular weight excluding hydrogens is 162 g/mol. The Bertz CT molecular complexity index is 90.1. The van der Waals surface area contributed by atoms with Crippen LogP contribution in [-0.2, 0) is 4.74 Å². The van der Waals surface area contributed by atoms with Gasteiger partial charge in [0.25, 0.3) is 0 Å². The van der Waals surface area contributed by atoms with Crippen LogP contribution in [0.25, 0.3) is 0 Å². The van der Waals surface area contributed by atoms with Crippen molar-refractivity contribution in [3.8, 4) is 0 Å². The van der Waals surface area contributed by atoms with Gasteiger partial charge < -0.3 is 10.1 Å². The first-order valence-electron chi connectivity index (χ1n) is 5.66. The average molecular weight is 187 g/mol. The number of ether oxygens (including phenoxy) is 1. The van der Waals surface area contributed by atoms with Crippen LogP contribution in [0.15, 0.2) is 0 Å². The largest absolute Gasteiger partial charge is 0.382 e. The Morgan fingerprint density at radius 2 is 1.92 bits per heavy atom. The molecule has 0 aliphatic rings. The SMILES string of the molecule is CCCC(CCCOCC)NCC. The molecule has 1 N–H and O–H groups in total. The average Bonchev–Trinajstić information content (AvgIpc) is 2.13. The van der Waals surface area contributed by atoms with E-state index in [-0.39, 0.29) is 0 Å².